The van der Waals surface area contributed by atoms with Crippen LogP contribution >= 0.6 is 11.3 Å². The van der Waals surface area contributed by atoms with Gasteiger partial charge in [-0.25, -0.2) is 0 Å². The van der Waals surface area contributed by atoms with Crippen molar-refractivity contribution in [2.75, 3.05) is 31.5 Å². The van der Waals surface area contributed by atoms with E-state index in [-0.39, 0.29) is 23.5 Å². The smallest absolute Gasteiger partial charge is 0.269 e. The minimum Gasteiger partial charge on any atom is -0.335 e. The normalized spacial score (nSPS) is 16.0. The van der Waals surface area contributed by atoms with Crippen LogP contribution in [0.2, 0.25) is 0 Å². The molecule has 0 aliphatic carbocycles. The third kappa shape index (κ3) is 4.50. The monoisotopic (exact) mass is 388 g/mol. The molecule has 1 N–H and O–H groups in total. The summed E-state index contributed by atoms with van der Waals surface area (Å²) >= 11 is 1.43. The molecule has 1 saturated heterocycles. The molecule has 8 nitrogen and oxygen atoms in total. The summed E-state index contributed by atoms with van der Waals surface area (Å²) in [4.78, 5) is 39.6. The summed E-state index contributed by atoms with van der Waals surface area (Å²) in [6.07, 6.45) is 0. The Bertz CT molecular complexity index is 814. The number of amides is 2. The van der Waals surface area contributed by atoms with Crippen molar-refractivity contribution in [2.45, 2.75) is 13.0 Å². The second kappa shape index (κ2) is 8.28. The van der Waals surface area contributed by atoms with Gasteiger partial charge in [0, 0.05) is 44.0 Å². The Morgan fingerprint density at radius 2 is 1.81 bits per heavy atom. The third-order valence-corrected chi connectivity index (χ3v) is 5.46. The maximum Gasteiger partial charge on any atom is 0.269 e. The summed E-state index contributed by atoms with van der Waals surface area (Å²) in [5.41, 5.74) is 0.497. The van der Waals surface area contributed by atoms with Gasteiger partial charge in [0.15, 0.2) is 0 Å². The fourth-order valence-electron chi connectivity index (χ4n) is 2.95. The fourth-order valence-corrected chi connectivity index (χ4v) is 3.64. The van der Waals surface area contributed by atoms with Gasteiger partial charge in [0.25, 0.3) is 11.6 Å². The molecule has 1 atom stereocenters. The summed E-state index contributed by atoms with van der Waals surface area (Å²) in [6, 6.07) is 9.06. The number of carbonyl (C=O) groups is 2. The molecule has 1 aliphatic heterocycles. The highest BCUT2D eigenvalue weighted by molar-refractivity contribution is 7.12. The molecular formula is C18H20N4O4S. The minimum atomic E-state index is -0.481. The second-order valence-corrected chi connectivity index (χ2v) is 7.22. The van der Waals surface area contributed by atoms with Crippen molar-refractivity contribution in [3.05, 3.63) is 56.8 Å². The molecule has 1 aromatic heterocycles. The molecule has 27 heavy (non-hydrogen) atoms. The molecule has 1 fully saturated rings. The van der Waals surface area contributed by atoms with Gasteiger partial charge in [-0.1, -0.05) is 6.07 Å². The predicted molar refractivity (Wildman–Crippen MR) is 103 cm³/mol. The summed E-state index contributed by atoms with van der Waals surface area (Å²) in [6.45, 7) is 4.20. The van der Waals surface area contributed by atoms with E-state index in [9.17, 15) is 19.7 Å². The highest BCUT2D eigenvalue weighted by atomic mass is 32.1. The molecule has 1 unspecified atom stereocenters. The molecule has 3 rings (SSSR count). The Hall–Kier alpha value is -2.78. The number of thiophene rings is 1. The molecule has 1 aromatic carbocycles. The molecule has 2 amide bonds. The first-order chi connectivity index (χ1) is 13.0. The van der Waals surface area contributed by atoms with E-state index < -0.39 is 4.92 Å². The quantitative estimate of drug-likeness (QED) is 0.627. The molecule has 0 saturated carbocycles. The van der Waals surface area contributed by atoms with Crippen LogP contribution in [0.3, 0.4) is 0 Å². The van der Waals surface area contributed by atoms with Gasteiger partial charge in [0.05, 0.1) is 15.8 Å². The average Bonchev–Trinajstić information content (AvgIpc) is 3.22. The van der Waals surface area contributed by atoms with E-state index in [1.165, 1.54) is 35.6 Å². The molecule has 2 heterocycles. The number of nitrogens with zero attached hydrogens (tertiary/aromatic N) is 3. The first kappa shape index (κ1) is 19.0. The van der Waals surface area contributed by atoms with Crippen molar-refractivity contribution in [2.24, 2.45) is 0 Å². The van der Waals surface area contributed by atoms with Crippen LogP contribution in [0.5, 0.6) is 0 Å². The highest BCUT2D eigenvalue weighted by Crippen LogP contribution is 2.17. The zero-order valence-electron chi connectivity index (χ0n) is 14.8. The molecule has 0 radical (unpaired) electrons. The van der Waals surface area contributed by atoms with Crippen LogP contribution in [0, 0.1) is 10.1 Å². The lowest BCUT2D eigenvalue weighted by Crippen LogP contribution is -2.53. The second-order valence-electron chi connectivity index (χ2n) is 6.27. The predicted octanol–water partition coefficient (Wildman–Crippen LogP) is 2.44. The van der Waals surface area contributed by atoms with Crippen molar-refractivity contribution in [1.29, 1.82) is 0 Å². The summed E-state index contributed by atoms with van der Waals surface area (Å²) in [5, 5.41) is 15.3. The number of hydrogen-bond acceptors (Lipinski definition) is 6. The van der Waals surface area contributed by atoms with Crippen LogP contribution in [-0.2, 0) is 4.79 Å². The Balaban J connectivity index is 1.52. The average molecular weight is 388 g/mol. The lowest BCUT2D eigenvalue weighted by molar-refractivity contribution is -0.384. The molecule has 142 valence electrons. The Kier molecular flexibility index (Phi) is 5.82. The minimum absolute atomic E-state index is 0.0208. The van der Waals surface area contributed by atoms with Gasteiger partial charge in [-0.3, -0.25) is 24.6 Å². The highest BCUT2D eigenvalue weighted by Gasteiger charge is 2.28. The van der Waals surface area contributed by atoms with Crippen molar-refractivity contribution >= 4 is 34.5 Å². The van der Waals surface area contributed by atoms with Crippen molar-refractivity contribution in [3.63, 3.8) is 0 Å². The summed E-state index contributed by atoms with van der Waals surface area (Å²) in [7, 11) is 0. The topological polar surface area (TPSA) is 95.8 Å². The van der Waals surface area contributed by atoms with E-state index in [1.807, 2.05) is 34.2 Å². The Morgan fingerprint density at radius 3 is 2.37 bits per heavy atom. The fraction of sp³-hybridized carbons (Fsp3) is 0.333. The van der Waals surface area contributed by atoms with Crippen LogP contribution in [0.4, 0.5) is 11.4 Å². The molecule has 1 aliphatic rings. The van der Waals surface area contributed by atoms with Gasteiger partial charge < -0.3 is 10.2 Å². The standard InChI is InChI=1S/C18H20N4O4S/c1-13(17(23)19-14-4-6-15(7-5-14)22(25)26)20-8-10-21(11-9-20)18(24)16-3-2-12-27-16/h2-7,12-13H,8-11H2,1H3,(H,19,23). The number of nitrogens with one attached hydrogen (secondary N) is 1. The SMILES string of the molecule is CC(C(=O)Nc1ccc([N+](=O)[O-])cc1)N1CCN(C(=O)c2cccs2)CC1. The first-order valence-corrected chi connectivity index (χ1v) is 9.46. The number of carbonyl (C=O) groups excluding carboxylic acids is 2. The van der Waals surface area contributed by atoms with E-state index in [1.54, 1.807) is 0 Å². The first-order valence-electron chi connectivity index (χ1n) is 8.58. The number of nitro groups is 1. The number of rotatable bonds is 5. The van der Waals surface area contributed by atoms with Crippen LogP contribution in [0.25, 0.3) is 0 Å². The van der Waals surface area contributed by atoms with E-state index in [0.717, 1.165) is 4.88 Å². The lowest BCUT2D eigenvalue weighted by atomic mass is 10.2. The van der Waals surface area contributed by atoms with Crippen molar-refractivity contribution in [1.82, 2.24) is 9.80 Å². The Labute approximate surface area is 160 Å². The van der Waals surface area contributed by atoms with Crippen LogP contribution in [0.15, 0.2) is 41.8 Å². The van der Waals surface area contributed by atoms with E-state index in [0.29, 0.717) is 31.9 Å². The maximum atomic E-state index is 12.5. The molecular weight excluding hydrogens is 368 g/mol. The Morgan fingerprint density at radius 1 is 1.15 bits per heavy atom. The van der Waals surface area contributed by atoms with Gasteiger partial charge in [-0.15, -0.1) is 11.3 Å². The number of piperazine rings is 1. The molecule has 9 heteroatoms. The summed E-state index contributed by atoms with van der Waals surface area (Å²) in [5.74, 6) is -0.144. The van der Waals surface area contributed by atoms with Crippen LogP contribution < -0.4 is 5.32 Å². The van der Waals surface area contributed by atoms with Crippen molar-refractivity contribution < 1.29 is 14.5 Å². The molecule has 0 bridgehead atoms. The molecule has 0 spiro atoms. The van der Waals surface area contributed by atoms with Crippen LogP contribution in [-0.4, -0.2) is 58.8 Å². The largest absolute Gasteiger partial charge is 0.335 e. The van der Waals surface area contributed by atoms with Crippen LogP contribution in [0.1, 0.15) is 16.6 Å². The van der Waals surface area contributed by atoms with E-state index in [4.69, 9.17) is 0 Å². The third-order valence-electron chi connectivity index (χ3n) is 4.61. The lowest BCUT2D eigenvalue weighted by Gasteiger charge is -2.37. The van der Waals surface area contributed by atoms with Crippen molar-refractivity contribution in [3.8, 4) is 0 Å². The van der Waals surface area contributed by atoms with E-state index >= 15 is 0 Å². The van der Waals surface area contributed by atoms with Gasteiger partial charge in [0.1, 0.15) is 0 Å². The number of nitro benzene ring substituents is 1. The zero-order valence-corrected chi connectivity index (χ0v) is 15.6. The van der Waals surface area contributed by atoms with Gasteiger partial charge >= 0.3 is 0 Å². The number of benzene rings is 1. The number of non-ortho nitro benzene ring substituents is 1. The van der Waals surface area contributed by atoms with Gasteiger partial charge in [-0.05, 0) is 30.5 Å². The maximum absolute atomic E-state index is 12.5. The van der Waals surface area contributed by atoms with Gasteiger partial charge in [0.2, 0.25) is 5.91 Å². The number of hydrogen-bond donors (Lipinski definition) is 1. The molecule has 2 aromatic rings. The summed E-state index contributed by atoms with van der Waals surface area (Å²) < 4.78 is 0. The zero-order chi connectivity index (χ0) is 19.4. The number of anilines is 1. The van der Waals surface area contributed by atoms with E-state index in [2.05, 4.69) is 5.32 Å². The van der Waals surface area contributed by atoms with Gasteiger partial charge in [-0.2, -0.15) is 0 Å².